The highest BCUT2D eigenvalue weighted by Gasteiger charge is 2.30. The Labute approximate surface area is 246 Å². The largest absolute Gasteiger partial charge is 0.355 e. The summed E-state index contributed by atoms with van der Waals surface area (Å²) in [5, 5.41) is 2.90. The molecule has 0 aliphatic rings. The zero-order valence-corrected chi connectivity index (χ0v) is 26.0. The molecule has 0 aromatic heterocycles. The molecule has 2 amide bonds. The van der Waals surface area contributed by atoms with E-state index in [1.54, 1.807) is 4.90 Å². The molecule has 40 heavy (non-hydrogen) atoms. The molecule has 1 unspecified atom stereocenters. The highest BCUT2D eigenvalue weighted by molar-refractivity contribution is 9.10. The second kappa shape index (κ2) is 14.5. The van der Waals surface area contributed by atoms with E-state index in [-0.39, 0.29) is 31.3 Å². The first-order valence-corrected chi connectivity index (χ1v) is 16.0. The predicted octanol–water partition coefficient (Wildman–Crippen LogP) is 5.39. The van der Waals surface area contributed by atoms with Crippen LogP contribution in [0.1, 0.15) is 42.0 Å². The fourth-order valence-corrected chi connectivity index (χ4v) is 6.17. The van der Waals surface area contributed by atoms with Crippen molar-refractivity contribution < 1.29 is 18.0 Å². The molecule has 214 valence electrons. The quantitative estimate of drug-likeness (QED) is 0.275. The van der Waals surface area contributed by atoms with E-state index in [0.717, 1.165) is 26.7 Å². The number of amides is 2. The molecule has 0 bridgehead atoms. The number of rotatable bonds is 13. The van der Waals surface area contributed by atoms with Gasteiger partial charge in [-0.05, 0) is 73.7 Å². The van der Waals surface area contributed by atoms with Crippen LogP contribution in [0, 0.1) is 13.8 Å². The molecule has 1 N–H and O–H groups in total. The average molecular weight is 629 g/mol. The number of halogens is 1. The van der Waals surface area contributed by atoms with Crippen molar-refractivity contribution in [2.75, 3.05) is 23.7 Å². The number of carbonyl (C=O) groups is 2. The number of benzene rings is 3. The molecule has 0 spiro atoms. The maximum absolute atomic E-state index is 13.8. The summed E-state index contributed by atoms with van der Waals surface area (Å²) >= 11 is 3.50. The van der Waals surface area contributed by atoms with Crippen molar-refractivity contribution >= 4 is 43.5 Å². The molecular weight excluding hydrogens is 590 g/mol. The summed E-state index contributed by atoms with van der Waals surface area (Å²) in [4.78, 5) is 28.8. The topological polar surface area (TPSA) is 86.8 Å². The van der Waals surface area contributed by atoms with E-state index in [2.05, 4.69) is 21.2 Å². The van der Waals surface area contributed by atoms with Crippen molar-refractivity contribution in [3.05, 3.63) is 99.5 Å². The molecule has 0 saturated carbocycles. The monoisotopic (exact) mass is 627 g/mol. The smallest absolute Gasteiger partial charge is 0.243 e. The zero-order chi connectivity index (χ0) is 29.3. The van der Waals surface area contributed by atoms with E-state index >= 15 is 0 Å². The van der Waals surface area contributed by atoms with Gasteiger partial charge in [0.05, 0.1) is 11.9 Å². The fourth-order valence-electron chi connectivity index (χ4n) is 4.78. The Morgan fingerprint density at radius 3 is 2.17 bits per heavy atom. The first-order chi connectivity index (χ1) is 19.0. The number of anilines is 1. The second-order valence-electron chi connectivity index (χ2n) is 10.0. The van der Waals surface area contributed by atoms with Gasteiger partial charge in [-0.15, -0.1) is 0 Å². The Kier molecular flexibility index (Phi) is 11.3. The normalized spacial score (nSPS) is 12.0. The van der Waals surface area contributed by atoms with Gasteiger partial charge in [0.15, 0.2) is 0 Å². The van der Waals surface area contributed by atoms with Crippen LogP contribution in [-0.4, -0.2) is 50.5 Å². The van der Waals surface area contributed by atoms with Crippen LogP contribution in [-0.2, 0) is 32.6 Å². The molecule has 0 aliphatic carbocycles. The maximum Gasteiger partial charge on any atom is 0.243 e. The highest BCUT2D eigenvalue weighted by atomic mass is 79.9. The summed E-state index contributed by atoms with van der Waals surface area (Å²) in [5.41, 5.74) is 4.35. The molecule has 9 heteroatoms. The summed E-state index contributed by atoms with van der Waals surface area (Å²) in [6, 6.07) is 22.2. The van der Waals surface area contributed by atoms with Crippen LogP contribution >= 0.6 is 15.9 Å². The van der Waals surface area contributed by atoms with Crippen LogP contribution < -0.4 is 9.62 Å². The molecule has 0 aliphatic heterocycles. The van der Waals surface area contributed by atoms with E-state index in [1.807, 2.05) is 93.6 Å². The van der Waals surface area contributed by atoms with E-state index in [1.165, 1.54) is 10.6 Å². The number of hydrogen-bond donors (Lipinski definition) is 1. The summed E-state index contributed by atoms with van der Waals surface area (Å²) in [6.45, 7) is 6.55. The van der Waals surface area contributed by atoms with Crippen molar-refractivity contribution in [1.29, 1.82) is 0 Å². The third kappa shape index (κ3) is 9.20. The number of hydrogen-bond acceptors (Lipinski definition) is 4. The lowest BCUT2D eigenvalue weighted by molar-refractivity contribution is -0.141. The Bertz CT molecular complexity index is 1390. The molecule has 0 fully saturated rings. The van der Waals surface area contributed by atoms with Crippen molar-refractivity contribution in [2.45, 2.75) is 52.6 Å². The van der Waals surface area contributed by atoms with Gasteiger partial charge in [-0.25, -0.2) is 8.42 Å². The number of aryl methyl sites for hydroxylation is 2. The van der Waals surface area contributed by atoms with Crippen LogP contribution in [0.15, 0.2) is 77.3 Å². The van der Waals surface area contributed by atoms with Gasteiger partial charge < -0.3 is 10.2 Å². The summed E-state index contributed by atoms with van der Waals surface area (Å²) in [5.74, 6) is -0.427. The number of sulfonamides is 1. The molecule has 7 nitrogen and oxygen atoms in total. The van der Waals surface area contributed by atoms with E-state index in [0.29, 0.717) is 25.1 Å². The molecule has 0 saturated heterocycles. The molecule has 3 aromatic rings. The highest BCUT2D eigenvalue weighted by Crippen LogP contribution is 2.23. The Balaban J connectivity index is 1.87. The van der Waals surface area contributed by atoms with Crippen LogP contribution in [0.3, 0.4) is 0 Å². The van der Waals surface area contributed by atoms with Crippen molar-refractivity contribution in [2.24, 2.45) is 0 Å². The van der Waals surface area contributed by atoms with Gasteiger partial charge in [-0.2, -0.15) is 0 Å². The minimum absolute atomic E-state index is 0.0928. The van der Waals surface area contributed by atoms with E-state index in [4.69, 9.17) is 0 Å². The number of nitrogens with one attached hydrogen (secondary N) is 1. The molecule has 3 aromatic carbocycles. The summed E-state index contributed by atoms with van der Waals surface area (Å²) in [6.07, 6.45) is 1.94. The fraction of sp³-hybridized carbons (Fsp3) is 0.355. The van der Waals surface area contributed by atoms with Gasteiger partial charge in [0, 0.05) is 36.9 Å². The number of nitrogens with zero attached hydrogens (tertiary/aromatic N) is 2. The van der Waals surface area contributed by atoms with Crippen LogP contribution in [0.5, 0.6) is 0 Å². The Morgan fingerprint density at radius 1 is 0.925 bits per heavy atom. The summed E-state index contributed by atoms with van der Waals surface area (Å²) < 4.78 is 27.6. The average Bonchev–Trinajstić information content (AvgIpc) is 2.88. The van der Waals surface area contributed by atoms with Crippen molar-refractivity contribution in [3.8, 4) is 0 Å². The summed E-state index contributed by atoms with van der Waals surface area (Å²) in [7, 11) is -3.56. The Hall–Kier alpha value is -3.17. The molecule has 1 atom stereocenters. The van der Waals surface area contributed by atoms with Gasteiger partial charge in [-0.3, -0.25) is 13.9 Å². The zero-order valence-electron chi connectivity index (χ0n) is 23.6. The van der Waals surface area contributed by atoms with Crippen molar-refractivity contribution in [3.63, 3.8) is 0 Å². The lowest BCUT2D eigenvalue weighted by Crippen LogP contribution is -2.50. The predicted molar refractivity (Wildman–Crippen MR) is 165 cm³/mol. The van der Waals surface area contributed by atoms with Crippen LogP contribution in [0.2, 0.25) is 0 Å². The van der Waals surface area contributed by atoms with Gasteiger partial charge in [-0.1, -0.05) is 64.5 Å². The number of carbonyl (C=O) groups excluding carboxylic acids is 2. The molecular formula is C31H38BrN3O4S. The number of likely N-dealkylation sites (N-methyl/N-ethyl adjacent to an activating group) is 1. The third-order valence-corrected chi connectivity index (χ3v) is 8.20. The minimum atomic E-state index is -3.56. The first kappa shape index (κ1) is 31.4. The molecule has 3 rings (SSSR count). The van der Waals surface area contributed by atoms with Gasteiger partial charge >= 0.3 is 0 Å². The lowest BCUT2D eigenvalue weighted by atomic mass is 10.0. The second-order valence-corrected chi connectivity index (χ2v) is 12.9. The maximum atomic E-state index is 13.8. The minimum Gasteiger partial charge on any atom is -0.355 e. The third-order valence-electron chi connectivity index (χ3n) is 6.51. The Morgan fingerprint density at radius 2 is 1.57 bits per heavy atom. The molecule has 0 heterocycles. The van der Waals surface area contributed by atoms with Crippen LogP contribution in [0.25, 0.3) is 0 Å². The molecule has 0 radical (unpaired) electrons. The van der Waals surface area contributed by atoms with Gasteiger partial charge in [0.25, 0.3) is 0 Å². The standard InChI is InChI=1S/C31H38BrN3O4S/c1-5-33-31(37)29(21-25-11-7-6-8-12-25)34(22-26-13-9-14-27(32)20-26)30(36)15-10-16-35(40(4,38)39)28-18-23(2)17-24(3)19-28/h6-9,11-14,17-20,29H,5,10,15-16,21-22H2,1-4H3,(H,33,37). The van der Waals surface area contributed by atoms with Crippen LogP contribution in [0.4, 0.5) is 5.69 Å². The van der Waals surface area contributed by atoms with Crippen molar-refractivity contribution in [1.82, 2.24) is 10.2 Å². The van der Waals surface area contributed by atoms with E-state index in [9.17, 15) is 18.0 Å². The van der Waals surface area contributed by atoms with E-state index < -0.39 is 16.1 Å². The first-order valence-electron chi connectivity index (χ1n) is 13.4. The van der Waals surface area contributed by atoms with Gasteiger partial charge in [0.2, 0.25) is 21.8 Å². The van der Waals surface area contributed by atoms with Gasteiger partial charge in [0.1, 0.15) is 6.04 Å². The lowest BCUT2D eigenvalue weighted by Gasteiger charge is -2.32. The SMILES string of the molecule is CCNC(=O)C(Cc1ccccc1)N(Cc1cccc(Br)c1)C(=O)CCCN(c1cc(C)cc(C)c1)S(C)(=O)=O.